The maximum atomic E-state index is 11.0. The fourth-order valence-corrected chi connectivity index (χ4v) is 2.90. The number of aromatic nitrogens is 1. The molecule has 0 bridgehead atoms. The summed E-state index contributed by atoms with van der Waals surface area (Å²) in [6, 6.07) is 8.64. The van der Waals surface area contributed by atoms with Crippen LogP contribution in [0.4, 0.5) is 11.4 Å². The van der Waals surface area contributed by atoms with Crippen LogP contribution in [0.3, 0.4) is 0 Å². The number of pyridine rings is 1. The van der Waals surface area contributed by atoms with Crippen molar-refractivity contribution in [1.29, 1.82) is 0 Å². The van der Waals surface area contributed by atoms with Crippen molar-refractivity contribution in [2.75, 3.05) is 11.9 Å². The molecule has 1 N–H and O–H groups in total. The summed E-state index contributed by atoms with van der Waals surface area (Å²) in [7, 11) is 0. The number of rotatable bonds is 6. The molecule has 0 aliphatic heterocycles. The zero-order valence-electron chi connectivity index (χ0n) is 11.4. The molecule has 1 aromatic carbocycles. The molecule has 21 heavy (non-hydrogen) atoms. The number of hydrogen-bond donors (Lipinski definition) is 1. The topological polar surface area (TPSA) is 68.1 Å². The van der Waals surface area contributed by atoms with Crippen molar-refractivity contribution >= 4 is 34.7 Å². The van der Waals surface area contributed by atoms with Crippen LogP contribution in [0, 0.1) is 10.1 Å². The van der Waals surface area contributed by atoms with Crippen LogP contribution in [-0.4, -0.2) is 16.5 Å². The summed E-state index contributed by atoms with van der Waals surface area (Å²) in [6.45, 7) is 2.53. The molecule has 0 spiro atoms. The molecule has 0 saturated carbocycles. The lowest BCUT2D eigenvalue weighted by Gasteiger charge is -2.08. The van der Waals surface area contributed by atoms with Gasteiger partial charge in [-0.3, -0.25) is 10.1 Å². The van der Waals surface area contributed by atoms with Gasteiger partial charge < -0.3 is 5.32 Å². The molecule has 0 aliphatic carbocycles. The highest BCUT2D eigenvalue weighted by atomic mass is 35.5. The van der Waals surface area contributed by atoms with Crippen molar-refractivity contribution < 1.29 is 4.92 Å². The fourth-order valence-electron chi connectivity index (χ4n) is 1.79. The lowest BCUT2D eigenvalue weighted by molar-refractivity contribution is -0.384. The minimum absolute atomic E-state index is 0.0847. The minimum atomic E-state index is -0.384. The third kappa shape index (κ3) is 4.09. The van der Waals surface area contributed by atoms with E-state index >= 15 is 0 Å². The molecule has 2 aromatic rings. The first-order valence-corrected chi connectivity index (χ1v) is 7.72. The van der Waals surface area contributed by atoms with E-state index in [4.69, 9.17) is 11.6 Å². The second kappa shape index (κ2) is 7.28. The first-order valence-electron chi connectivity index (χ1n) is 6.36. The van der Waals surface area contributed by atoms with Crippen LogP contribution in [0.15, 0.2) is 41.6 Å². The number of thioether (sulfide) groups is 1. The molecule has 2 rings (SSSR count). The van der Waals surface area contributed by atoms with Gasteiger partial charge in [0, 0.05) is 24.6 Å². The average Bonchev–Trinajstić information content (AvgIpc) is 2.46. The van der Waals surface area contributed by atoms with E-state index in [1.165, 1.54) is 17.8 Å². The van der Waals surface area contributed by atoms with Gasteiger partial charge in [-0.1, -0.05) is 17.7 Å². The van der Waals surface area contributed by atoms with Gasteiger partial charge in [0.05, 0.1) is 9.95 Å². The zero-order chi connectivity index (χ0) is 15.2. The Labute approximate surface area is 131 Å². The summed E-state index contributed by atoms with van der Waals surface area (Å²) in [6.07, 6.45) is 1.69. The summed E-state index contributed by atoms with van der Waals surface area (Å²) in [5.41, 5.74) is 1.59. The summed E-state index contributed by atoms with van der Waals surface area (Å²) in [4.78, 5) is 14.8. The van der Waals surface area contributed by atoms with Crippen LogP contribution in [0.5, 0.6) is 0 Å². The van der Waals surface area contributed by atoms with Crippen molar-refractivity contribution in [3.8, 4) is 0 Å². The Kier molecular flexibility index (Phi) is 5.41. The van der Waals surface area contributed by atoms with Crippen molar-refractivity contribution in [2.24, 2.45) is 0 Å². The number of benzene rings is 1. The first-order chi connectivity index (χ1) is 10.1. The maximum Gasteiger partial charge on any atom is 0.292 e. The van der Waals surface area contributed by atoms with E-state index < -0.39 is 0 Å². The van der Waals surface area contributed by atoms with Gasteiger partial charge in [-0.05, 0) is 30.7 Å². The molecular formula is C14H14ClN3O2S. The monoisotopic (exact) mass is 323 g/mol. The minimum Gasteiger partial charge on any atom is -0.380 e. The van der Waals surface area contributed by atoms with Gasteiger partial charge in [-0.15, -0.1) is 11.8 Å². The summed E-state index contributed by atoms with van der Waals surface area (Å²) in [5.74, 6) is 0.646. The molecule has 1 heterocycles. The van der Waals surface area contributed by atoms with E-state index in [1.54, 1.807) is 30.5 Å². The molecule has 7 heteroatoms. The van der Waals surface area contributed by atoms with Gasteiger partial charge in [-0.2, -0.15) is 0 Å². The summed E-state index contributed by atoms with van der Waals surface area (Å²) < 4.78 is 0. The van der Waals surface area contributed by atoms with E-state index in [2.05, 4.69) is 10.3 Å². The van der Waals surface area contributed by atoms with E-state index in [0.29, 0.717) is 23.0 Å². The SMILES string of the molecule is CCNc1cc(CSc2ncccc2Cl)ccc1[N+](=O)[O-]. The lowest BCUT2D eigenvalue weighted by Crippen LogP contribution is -2.01. The zero-order valence-corrected chi connectivity index (χ0v) is 12.9. The number of nitrogens with zero attached hydrogens (tertiary/aromatic N) is 2. The molecule has 0 radical (unpaired) electrons. The smallest absolute Gasteiger partial charge is 0.292 e. The second-order valence-corrected chi connectivity index (χ2v) is 5.59. The van der Waals surface area contributed by atoms with Crippen LogP contribution in [0.1, 0.15) is 12.5 Å². The van der Waals surface area contributed by atoms with Crippen LogP contribution < -0.4 is 5.32 Å². The third-order valence-electron chi connectivity index (χ3n) is 2.73. The fraction of sp³-hybridized carbons (Fsp3) is 0.214. The second-order valence-electron chi connectivity index (χ2n) is 4.22. The Morgan fingerprint density at radius 2 is 2.24 bits per heavy atom. The average molecular weight is 324 g/mol. The number of halogens is 1. The predicted molar refractivity (Wildman–Crippen MR) is 86.1 cm³/mol. The van der Waals surface area contributed by atoms with E-state index in [1.807, 2.05) is 6.92 Å². The van der Waals surface area contributed by atoms with Crippen LogP contribution >= 0.6 is 23.4 Å². The van der Waals surface area contributed by atoms with Crippen molar-refractivity contribution in [2.45, 2.75) is 17.7 Å². The van der Waals surface area contributed by atoms with Crippen molar-refractivity contribution in [3.05, 3.63) is 57.2 Å². The summed E-state index contributed by atoms with van der Waals surface area (Å²) >= 11 is 7.55. The van der Waals surface area contributed by atoms with Crippen LogP contribution in [0.2, 0.25) is 5.02 Å². The highest BCUT2D eigenvalue weighted by molar-refractivity contribution is 7.98. The Hall–Kier alpha value is -1.79. The molecule has 110 valence electrons. The van der Waals surface area contributed by atoms with Gasteiger partial charge in [0.25, 0.3) is 5.69 Å². The maximum absolute atomic E-state index is 11.0. The number of nitro benzene ring substituents is 1. The predicted octanol–water partition coefficient (Wildman–Crippen LogP) is 4.37. The standard InChI is InChI=1S/C14H14ClN3O2S/c1-2-16-12-8-10(5-6-13(12)18(19)20)9-21-14-11(15)4-3-7-17-14/h3-8,16H,2,9H2,1H3. The number of nitrogens with one attached hydrogen (secondary N) is 1. The van der Waals surface area contributed by atoms with Crippen molar-refractivity contribution in [1.82, 2.24) is 4.98 Å². The van der Waals surface area contributed by atoms with Gasteiger partial charge in [-0.25, -0.2) is 4.98 Å². The largest absolute Gasteiger partial charge is 0.380 e. The summed E-state index contributed by atoms with van der Waals surface area (Å²) in [5, 5.41) is 15.3. The van der Waals surface area contributed by atoms with E-state index in [0.717, 1.165) is 10.6 Å². The number of nitro groups is 1. The molecular weight excluding hydrogens is 310 g/mol. The molecule has 5 nitrogen and oxygen atoms in total. The molecule has 0 saturated heterocycles. The Morgan fingerprint density at radius 1 is 1.43 bits per heavy atom. The number of hydrogen-bond acceptors (Lipinski definition) is 5. The van der Waals surface area contributed by atoms with Gasteiger partial charge in [0.2, 0.25) is 0 Å². The quantitative estimate of drug-likeness (QED) is 0.486. The van der Waals surface area contributed by atoms with E-state index in [9.17, 15) is 10.1 Å². The lowest BCUT2D eigenvalue weighted by atomic mass is 10.2. The van der Waals surface area contributed by atoms with Crippen molar-refractivity contribution in [3.63, 3.8) is 0 Å². The Morgan fingerprint density at radius 3 is 2.90 bits per heavy atom. The molecule has 0 aliphatic rings. The third-order valence-corrected chi connectivity index (χ3v) is 4.22. The Balaban J connectivity index is 2.15. The highest BCUT2D eigenvalue weighted by Gasteiger charge is 2.13. The normalized spacial score (nSPS) is 10.4. The van der Waals surface area contributed by atoms with Gasteiger partial charge >= 0.3 is 0 Å². The van der Waals surface area contributed by atoms with Gasteiger partial charge in [0.15, 0.2) is 0 Å². The van der Waals surface area contributed by atoms with Crippen LogP contribution in [0.25, 0.3) is 0 Å². The molecule has 0 unspecified atom stereocenters. The Bertz CT molecular complexity index is 652. The first kappa shape index (κ1) is 15.6. The number of anilines is 1. The highest BCUT2D eigenvalue weighted by Crippen LogP contribution is 2.30. The molecule has 0 amide bonds. The van der Waals surface area contributed by atoms with Crippen LogP contribution in [-0.2, 0) is 5.75 Å². The van der Waals surface area contributed by atoms with E-state index in [-0.39, 0.29) is 10.6 Å². The molecule has 1 aromatic heterocycles. The molecule has 0 atom stereocenters. The molecule has 0 fully saturated rings. The van der Waals surface area contributed by atoms with Gasteiger partial charge in [0.1, 0.15) is 10.7 Å².